The Kier molecular flexibility index (Phi) is 5.31. The fourth-order valence-electron chi connectivity index (χ4n) is 3.64. The Bertz CT molecular complexity index is 829. The van der Waals surface area contributed by atoms with Crippen LogP contribution in [-0.2, 0) is 4.74 Å². The van der Waals surface area contributed by atoms with Gasteiger partial charge in [0.05, 0.1) is 12.6 Å². The second kappa shape index (κ2) is 8.04. The quantitative estimate of drug-likeness (QED) is 0.638. The molecule has 6 bridgehead atoms. The van der Waals surface area contributed by atoms with E-state index in [1.807, 2.05) is 12.1 Å². The number of fused-ring (bicyclic) bond motifs is 7. The molecule has 3 N–H and O–H groups in total. The SMILES string of the molecule is C[C@@H]1NC(=O)O[C@@H]2CC[C@@H](C2)c2cc(n[nH]2)Nc2ccnc(c2)OCC[C@H]1F. The minimum atomic E-state index is -1.25. The van der Waals surface area contributed by atoms with Crippen LogP contribution in [0.5, 0.6) is 5.88 Å². The summed E-state index contributed by atoms with van der Waals surface area (Å²) in [5, 5.41) is 13.2. The zero-order chi connectivity index (χ0) is 19.5. The molecular weight excluding hydrogens is 365 g/mol. The molecule has 9 heteroatoms. The first kappa shape index (κ1) is 18.5. The third-order valence-electron chi connectivity index (χ3n) is 5.23. The van der Waals surface area contributed by atoms with Gasteiger partial charge in [0.1, 0.15) is 12.3 Å². The topological polar surface area (TPSA) is 101 Å². The second-order valence-corrected chi connectivity index (χ2v) is 7.34. The minimum absolute atomic E-state index is 0.134. The molecule has 1 aliphatic carbocycles. The number of rotatable bonds is 0. The van der Waals surface area contributed by atoms with Gasteiger partial charge in [-0.05, 0) is 32.3 Å². The Hall–Kier alpha value is -2.84. The lowest BCUT2D eigenvalue weighted by atomic mass is 10.0. The molecule has 150 valence electrons. The van der Waals surface area contributed by atoms with E-state index < -0.39 is 18.3 Å². The average Bonchev–Trinajstić information content (AvgIpc) is 3.30. The van der Waals surface area contributed by atoms with E-state index >= 15 is 0 Å². The van der Waals surface area contributed by atoms with Crippen LogP contribution in [0.15, 0.2) is 24.4 Å². The van der Waals surface area contributed by atoms with Crippen molar-refractivity contribution >= 4 is 17.6 Å². The van der Waals surface area contributed by atoms with Crippen molar-refractivity contribution in [2.75, 3.05) is 11.9 Å². The summed E-state index contributed by atoms with van der Waals surface area (Å²) in [4.78, 5) is 16.2. The van der Waals surface area contributed by atoms with E-state index in [4.69, 9.17) is 9.47 Å². The molecule has 0 unspecified atom stereocenters. The number of hydrogen-bond donors (Lipinski definition) is 3. The van der Waals surface area contributed by atoms with Crippen molar-refractivity contribution in [1.82, 2.24) is 20.5 Å². The van der Waals surface area contributed by atoms with E-state index in [-0.39, 0.29) is 25.0 Å². The van der Waals surface area contributed by atoms with Gasteiger partial charge in [-0.3, -0.25) is 5.10 Å². The van der Waals surface area contributed by atoms with Crippen molar-refractivity contribution in [1.29, 1.82) is 0 Å². The molecule has 1 amide bonds. The summed E-state index contributed by atoms with van der Waals surface area (Å²) in [7, 11) is 0. The van der Waals surface area contributed by atoms with Crippen molar-refractivity contribution in [3.63, 3.8) is 0 Å². The molecule has 0 radical (unpaired) electrons. The molecule has 2 aliphatic rings. The van der Waals surface area contributed by atoms with Crippen molar-refractivity contribution < 1.29 is 18.7 Å². The Morgan fingerprint density at radius 3 is 3.04 bits per heavy atom. The van der Waals surface area contributed by atoms with Gasteiger partial charge in [-0.1, -0.05) is 0 Å². The van der Waals surface area contributed by atoms with Crippen LogP contribution >= 0.6 is 0 Å². The number of ether oxygens (including phenoxy) is 2. The van der Waals surface area contributed by atoms with Crippen LogP contribution in [0.25, 0.3) is 0 Å². The summed E-state index contributed by atoms with van der Waals surface area (Å²) in [6, 6.07) is 4.86. The number of anilines is 2. The fraction of sp³-hybridized carbons (Fsp3) is 0.526. The average molecular weight is 389 g/mol. The van der Waals surface area contributed by atoms with Crippen molar-refractivity contribution in [3.05, 3.63) is 30.1 Å². The molecule has 3 heterocycles. The van der Waals surface area contributed by atoms with Gasteiger partial charge in [0.2, 0.25) is 5.88 Å². The highest BCUT2D eigenvalue weighted by molar-refractivity contribution is 5.67. The number of hydrogen-bond acceptors (Lipinski definition) is 6. The molecule has 28 heavy (non-hydrogen) atoms. The van der Waals surface area contributed by atoms with Gasteiger partial charge in [-0.15, -0.1) is 0 Å². The Morgan fingerprint density at radius 1 is 1.25 bits per heavy atom. The van der Waals surface area contributed by atoms with Crippen LogP contribution in [0.2, 0.25) is 0 Å². The number of aromatic nitrogens is 3. The predicted molar refractivity (Wildman–Crippen MR) is 101 cm³/mol. The minimum Gasteiger partial charge on any atom is -0.477 e. The molecule has 2 aromatic heterocycles. The van der Waals surface area contributed by atoms with E-state index in [1.54, 1.807) is 19.2 Å². The highest BCUT2D eigenvalue weighted by Gasteiger charge is 2.30. The van der Waals surface area contributed by atoms with E-state index in [0.29, 0.717) is 11.7 Å². The zero-order valence-electron chi connectivity index (χ0n) is 15.7. The van der Waals surface area contributed by atoms with Crippen LogP contribution in [0.4, 0.5) is 20.7 Å². The van der Waals surface area contributed by atoms with Gasteiger partial charge in [0, 0.05) is 42.0 Å². The summed E-state index contributed by atoms with van der Waals surface area (Å²) < 4.78 is 25.4. The van der Waals surface area contributed by atoms with Gasteiger partial charge in [0.15, 0.2) is 5.82 Å². The normalized spacial score (nSPS) is 28.1. The smallest absolute Gasteiger partial charge is 0.407 e. The molecule has 4 rings (SSSR count). The summed E-state index contributed by atoms with van der Waals surface area (Å²) in [5.41, 5.74) is 1.78. The number of aromatic amines is 1. The highest BCUT2D eigenvalue weighted by atomic mass is 19.1. The number of alkyl carbamates (subject to hydrolysis) is 1. The number of alkyl halides is 1. The maximum absolute atomic E-state index is 14.3. The monoisotopic (exact) mass is 389 g/mol. The van der Waals surface area contributed by atoms with Crippen LogP contribution in [-0.4, -0.2) is 46.2 Å². The highest BCUT2D eigenvalue weighted by Crippen LogP contribution is 2.36. The lowest BCUT2D eigenvalue weighted by Gasteiger charge is -2.20. The lowest BCUT2D eigenvalue weighted by Crippen LogP contribution is -2.41. The number of halogens is 1. The van der Waals surface area contributed by atoms with Crippen molar-refractivity contribution in [2.24, 2.45) is 0 Å². The summed E-state index contributed by atoms with van der Waals surface area (Å²) >= 11 is 0. The number of carbonyl (C=O) groups is 1. The number of H-pyrrole nitrogens is 1. The van der Waals surface area contributed by atoms with Gasteiger partial charge in [-0.2, -0.15) is 5.10 Å². The number of pyridine rings is 1. The summed E-state index contributed by atoms with van der Waals surface area (Å²) in [6.07, 6.45) is 2.14. The van der Waals surface area contributed by atoms with Gasteiger partial charge < -0.3 is 20.1 Å². The molecule has 8 nitrogen and oxygen atoms in total. The third kappa shape index (κ3) is 4.35. The number of amides is 1. The van der Waals surface area contributed by atoms with E-state index in [9.17, 15) is 9.18 Å². The van der Waals surface area contributed by atoms with Gasteiger partial charge in [-0.25, -0.2) is 14.2 Å². The summed E-state index contributed by atoms with van der Waals surface area (Å²) in [6.45, 7) is 1.77. The first-order valence-corrected chi connectivity index (χ1v) is 9.59. The molecule has 1 fully saturated rings. The molecule has 0 spiro atoms. The fourth-order valence-corrected chi connectivity index (χ4v) is 3.64. The number of carbonyl (C=O) groups excluding carboxylic acids is 1. The number of nitrogens with zero attached hydrogens (tertiary/aromatic N) is 2. The molecule has 0 aromatic carbocycles. The standard InChI is InChI=1S/C19H24FN5O3/c1-11-15(20)5-7-27-18-9-13(4-6-21-18)23-17-10-16(24-25-17)12-2-3-14(8-12)28-19(26)22-11/h4,6,9-12,14-15H,2-3,5,7-8H2,1H3,(H,22,26)(H2,23,24,25)/t11-,12-,14+,15+/m0/s1. The predicted octanol–water partition coefficient (Wildman–Crippen LogP) is 3.42. The van der Waals surface area contributed by atoms with Crippen LogP contribution < -0.4 is 15.4 Å². The third-order valence-corrected chi connectivity index (χ3v) is 5.23. The lowest BCUT2D eigenvalue weighted by molar-refractivity contribution is 0.0913. The largest absolute Gasteiger partial charge is 0.477 e. The Balaban J connectivity index is 1.54. The molecular formula is C19H24FN5O3. The molecule has 1 aliphatic heterocycles. The molecule has 2 aromatic rings. The first-order chi connectivity index (χ1) is 13.6. The molecule has 4 atom stereocenters. The molecule has 1 saturated carbocycles. The van der Waals surface area contributed by atoms with Crippen molar-refractivity contribution in [2.45, 2.75) is 56.8 Å². The van der Waals surface area contributed by atoms with Gasteiger partial charge in [0.25, 0.3) is 0 Å². The maximum Gasteiger partial charge on any atom is 0.407 e. The first-order valence-electron chi connectivity index (χ1n) is 9.59. The Labute approximate surface area is 162 Å². The molecule has 0 saturated heterocycles. The summed E-state index contributed by atoms with van der Waals surface area (Å²) in [5.74, 6) is 1.32. The van der Waals surface area contributed by atoms with Crippen molar-refractivity contribution in [3.8, 4) is 5.88 Å². The maximum atomic E-state index is 14.3. The zero-order valence-corrected chi connectivity index (χ0v) is 15.7. The van der Waals surface area contributed by atoms with Crippen LogP contribution in [0, 0.1) is 0 Å². The van der Waals surface area contributed by atoms with Gasteiger partial charge >= 0.3 is 6.09 Å². The second-order valence-electron chi connectivity index (χ2n) is 7.34. The van der Waals surface area contributed by atoms with E-state index in [1.165, 1.54) is 0 Å². The van der Waals surface area contributed by atoms with E-state index in [0.717, 1.165) is 30.6 Å². The Morgan fingerprint density at radius 2 is 2.14 bits per heavy atom. The van der Waals surface area contributed by atoms with E-state index in [2.05, 4.69) is 25.8 Å². The van der Waals surface area contributed by atoms with Crippen LogP contribution in [0.3, 0.4) is 0 Å². The number of nitrogens with one attached hydrogen (secondary N) is 3. The van der Waals surface area contributed by atoms with Crippen LogP contribution in [0.1, 0.15) is 44.2 Å².